The van der Waals surface area contributed by atoms with Gasteiger partial charge in [0.05, 0.1) is 19.8 Å². The molecule has 0 unspecified atom stereocenters. The molecule has 0 saturated heterocycles. The van der Waals surface area contributed by atoms with Crippen LogP contribution in [0.1, 0.15) is 25.1 Å². The number of allylic oxidation sites excluding steroid dienone is 2. The quantitative estimate of drug-likeness (QED) is 0.725. The molecule has 1 N–H and O–H groups in total. The van der Waals surface area contributed by atoms with E-state index >= 15 is 0 Å². The van der Waals surface area contributed by atoms with E-state index in [0.717, 1.165) is 17.2 Å². The lowest BCUT2D eigenvalue weighted by molar-refractivity contribution is 0.186. The van der Waals surface area contributed by atoms with Gasteiger partial charge in [0.2, 0.25) is 5.90 Å². The second-order valence-electron chi connectivity index (χ2n) is 5.68. The van der Waals surface area contributed by atoms with E-state index in [4.69, 9.17) is 14.2 Å². The van der Waals surface area contributed by atoms with E-state index in [2.05, 4.69) is 14.9 Å². The number of aromatic nitrogens is 1. The van der Waals surface area contributed by atoms with Crippen LogP contribution in [0.5, 0.6) is 0 Å². The van der Waals surface area contributed by atoms with E-state index in [1.165, 1.54) is 0 Å². The molecule has 7 nitrogen and oxygen atoms in total. The molecular formula is C18H27N3O4. The summed E-state index contributed by atoms with van der Waals surface area (Å²) in [5, 5.41) is 3.27. The third kappa shape index (κ3) is 4.70. The molecule has 0 atom stereocenters. The molecule has 0 amide bonds. The maximum Gasteiger partial charge on any atom is 0.226 e. The van der Waals surface area contributed by atoms with Crippen molar-refractivity contribution in [2.45, 2.75) is 26.8 Å². The minimum atomic E-state index is -0.0983. The van der Waals surface area contributed by atoms with Crippen LogP contribution < -0.4 is 10.7 Å². The Morgan fingerprint density at radius 1 is 1.28 bits per heavy atom. The monoisotopic (exact) mass is 349 g/mol. The molecule has 138 valence electrons. The van der Waals surface area contributed by atoms with E-state index in [1.807, 2.05) is 19.9 Å². The number of nitrogens with one attached hydrogen (secondary N) is 1. The Labute approximate surface area is 148 Å². The van der Waals surface area contributed by atoms with Gasteiger partial charge in [-0.2, -0.15) is 0 Å². The highest BCUT2D eigenvalue weighted by molar-refractivity contribution is 5.96. The van der Waals surface area contributed by atoms with Crippen molar-refractivity contribution < 1.29 is 14.2 Å². The molecule has 0 aliphatic carbocycles. The molecule has 0 spiro atoms. The number of hydrogen-bond acceptors (Lipinski definition) is 6. The Morgan fingerprint density at radius 3 is 2.72 bits per heavy atom. The molecule has 2 rings (SSSR count). The molecule has 1 aliphatic heterocycles. The van der Waals surface area contributed by atoms with E-state index in [9.17, 15) is 4.79 Å². The predicted molar refractivity (Wildman–Crippen MR) is 98.6 cm³/mol. The number of anilines is 1. The highest BCUT2D eigenvalue weighted by Crippen LogP contribution is 2.20. The molecule has 0 bridgehead atoms. The molecule has 0 radical (unpaired) electrons. The standard InChI is InChI=1S/C18H27N3O4/c1-5-25-18-17-14(7-6-13(2)20-18)21(9-11-24-4)16(12-15(17)22)19-8-10-23-3/h6,12,19H,5,7-11H2,1-4H3. The van der Waals surface area contributed by atoms with Crippen LogP contribution in [0.15, 0.2) is 27.6 Å². The Balaban J connectivity index is 2.56. The number of pyridine rings is 1. The van der Waals surface area contributed by atoms with Crippen LogP contribution in [0, 0.1) is 0 Å². The van der Waals surface area contributed by atoms with Crippen LogP contribution >= 0.6 is 0 Å². The SMILES string of the molecule is CCOC1=NC(C)=CCc2c1c(=O)cc(NCCOC)n2CCOC. The minimum Gasteiger partial charge on any atom is -0.477 e. The topological polar surface area (TPSA) is 74.1 Å². The molecule has 0 fully saturated rings. The number of fused-ring (bicyclic) bond motifs is 1. The number of rotatable bonds is 8. The van der Waals surface area contributed by atoms with Crippen molar-refractivity contribution in [2.24, 2.45) is 4.99 Å². The summed E-state index contributed by atoms with van der Waals surface area (Å²) in [6, 6.07) is 1.60. The van der Waals surface area contributed by atoms with Gasteiger partial charge >= 0.3 is 0 Å². The normalized spacial score (nSPS) is 13.6. The summed E-state index contributed by atoms with van der Waals surface area (Å²) in [6.45, 7) is 6.59. The first-order chi connectivity index (χ1) is 12.1. The average molecular weight is 349 g/mol. The summed E-state index contributed by atoms with van der Waals surface area (Å²) >= 11 is 0. The third-order valence-electron chi connectivity index (χ3n) is 3.91. The molecule has 1 aliphatic rings. The summed E-state index contributed by atoms with van der Waals surface area (Å²) in [5.41, 5.74) is 2.15. The van der Waals surface area contributed by atoms with Crippen molar-refractivity contribution in [1.82, 2.24) is 4.57 Å². The first kappa shape index (κ1) is 19.2. The largest absolute Gasteiger partial charge is 0.477 e. The van der Waals surface area contributed by atoms with Gasteiger partial charge in [0, 0.05) is 51.2 Å². The number of ether oxygens (including phenoxy) is 3. The Hall–Kier alpha value is -2.12. The van der Waals surface area contributed by atoms with Crippen molar-refractivity contribution in [2.75, 3.05) is 45.9 Å². The number of aliphatic imine (C=N–C) groups is 1. The number of nitrogens with zero attached hydrogens (tertiary/aromatic N) is 2. The van der Waals surface area contributed by atoms with Crippen LogP contribution in [0.4, 0.5) is 5.82 Å². The lowest BCUT2D eigenvalue weighted by Gasteiger charge is -2.21. The minimum absolute atomic E-state index is 0.0983. The Bertz CT molecular complexity index is 707. The van der Waals surface area contributed by atoms with Crippen molar-refractivity contribution in [1.29, 1.82) is 0 Å². The van der Waals surface area contributed by atoms with Crippen molar-refractivity contribution in [3.63, 3.8) is 0 Å². The van der Waals surface area contributed by atoms with E-state index < -0.39 is 0 Å². The molecule has 25 heavy (non-hydrogen) atoms. The lowest BCUT2D eigenvalue weighted by Crippen LogP contribution is -2.28. The first-order valence-electron chi connectivity index (χ1n) is 8.49. The zero-order chi connectivity index (χ0) is 18.2. The number of hydrogen-bond donors (Lipinski definition) is 1. The summed E-state index contributed by atoms with van der Waals surface area (Å²) in [7, 11) is 3.31. The molecule has 1 aromatic heterocycles. The van der Waals surface area contributed by atoms with Gasteiger partial charge in [-0.15, -0.1) is 0 Å². The molecule has 2 heterocycles. The maximum absolute atomic E-state index is 12.8. The second-order valence-corrected chi connectivity index (χ2v) is 5.68. The lowest BCUT2D eigenvalue weighted by atomic mass is 10.1. The van der Waals surface area contributed by atoms with Gasteiger partial charge in [0.15, 0.2) is 5.43 Å². The van der Waals surface area contributed by atoms with E-state index in [0.29, 0.717) is 50.8 Å². The smallest absolute Gasteiger partial charge is 0.226 e. The second kappa shape index (κ2) is 9.39. The predicted octanol–water partition coefficient (Wildman–Crippen LogP) is 1.80. The highest BCUT2D eigenvalue weighted by Gasteiger charge is 2.22. The third-order valence-corrected chi connectivity index (χ3v) is 3.91. The molecule has 7 heteroatoms. The Morgan fingerprint density at radius 2 is 2.04 bits per heavy atom. The summed E-state index contributed by atoms with van der Waals surface area (Å²) < 4.78 is 18.1. The molecule has 0 aromatic carbocycles. The molecule has 1 aromatic rings. The maximum atomic E-state index is 12.8. The van der Waals surface area contributed by atoms with Crippen LogP contribution in [-0.4, -0.2) is 51.0 Å². The van der Waals surface area contributed by atoms with E-state index in [1.54, 1.807) is 20.3 Å². The van der Waals surface area contributed by atoms with E-state index in [-0.39, 0.29) is 5.43 Å². The summed E-state index contributed by atoms with van der Waals surface area (Å²) in [5.74, 6) is 1.14. The van der Waals surface area contributed by atoms with Gasteiger partial charge in [-0.1, -0.05) is 6.08 Å². The molecular weight excluding hydrogens is 322 g/mol. The Kier molecular flexibility index (Phi) is 7.21. The van der Waals surface area contributed by atoms with Crippen LogP contribution in [0.3, 0.4) is 0 Å². The van der Waals surface area contributed by atoms with Crippen LogP contribution in [0.2, 0.25) is 0 Å². The van der Waals surface area contributed by atoms with Crippen molar-refractivity contribution in [3.05, 3.63) is 39.3 Å². The van der Waals surface area contributed by atoms with Crippen molar-refractivity contribution >= 4 is 11.7 Å². The zero-order valence-electron chi connectivity index (χ0n) is 15.4. The van der Waals surface area contributed by atoms with Gasteiger partial charge in [-0.25, -0.2) is 4.99 Å². The average Bonchev–Trinajstić information content (AvgIpc) is 2.74. The first-order valence-corrected chi connectivity index (χ1v) is 8.49. The number of methoxy groups -OCH3 is 2. The van der Waals surface area contributed by atoms with Gasteiger partial charge in [-0.3, -0.25) is 4.79 Å². The van der Waals surface area contributed by atoms with Crippen LogP contribution in [0.25, 0.3) is 0 Å². The fourth-order valence-electron chi connectivity index (χ4n) is 2.75. The summed E-state index contributed by atoms with van der Waals surface area (Å²) in [6.07, 6.45) is 2.62. The fraction of sp³-hybridized carbons (Fsp3) is 0.556. The van der Waals surface area contributed by atoms with Gasteiger partial charge in [0.25, 0.3) is 0 Å². The highest BCUT2D eigenvalue weighted by atomic mass is 16.5. The zero-order valence-corrected chi connectivity index (χ0v) is 15.4. The van der Waals surface area contributed by atoms with Gasteiger partial charge in [0.1, 0.15) is 11.4 Å². The fourth-order valence-corrected chi connectivity index (χ4v) is 2.75. The van der Waals surface area contributed by atoms with Crippen molar-refractivity contribution in [3.8, 4) is 0 Å². The van der Waals surface area contributed by atoms with Gasteiger partial charge in [-0.05, 0) is 13.8 Å². The molecule has 0 saturated carbocycles. The van der Waals surface area contributed by atoms with Gasteiger partial charge < -0.3 is 24.1 Å². The van der Waals surface area contributed by atoms with Crippen LogP contribution in [-0.2, 0) is 27.2 Å². The summed E-state index contributed by atoms with van der Waals surface area (Å²) in [4.78, 5) is 17.3.